The maximum absolute atomic E-state index is 3.51. The van der Waals surface area contributed by atoms with Gasteiger partial charge in [0.15, 0.2) is 0 Å². The Morgan fingerprint density at radius 1 is 1.20 bits per heavy atom. The Morgan fingerprint density at radius 3 is 2.35 bits per heavy atom. The zero-order valence-corrected chi connectivity index (χ0v) is 13.7. The molecule has 1 saturated heterocycles. The molecule has 1 aliphatic heterocycles. The molecule has 20 heavy (non-hydrogen) atoms. The van der Waals surface area contributed by atoms with Crippen molar-refractivity contribution in [2.75, 3.05) is 20.1 Å². The summed E-state index contributed by atoms with van der Waals surface area (Å²) < 4.78 is 0. The minimum Gasteiger partial charge on any atom is -0.315 e. The molecule has 1 aromatic carbocycles. The fraction of sp³-hybridized carbons (Fsp3) is 0.667. The van der Waals surface area contributed by atoms with E-state index in [-0.39, 0.29) is 5.41 Å². The molecule has 1 aromatic rings. The van der Waals surface area contributed by atoms with Gasteiger partial charge < -0.3 is 5.32 Å². The van der Waals surface area contributed by atoms with Gasteiger partial charge >= 0.3 is 0 Å². The number of nitrogens with one attached hydrogen (secondary N) is 1. The van der Waals surface area contributed by atoms with Crippen LogP contribution in [0.25, 0.3) is 0 Å². The average Bonchev–Trinajstić information content (AvgIpc) is 2.46. The SMILES string of the molecule is CC(c1ccc(C(C)(C)C)cc1)N(C)C1CCCNC1. The first kappa shape index (κ1) is 15.5. The largest absolute Gasteiger partial charge is 0.315 e. The lowest BCUT2D eigenvalue weighted by Crippen LogP contribution is -2.45. The van der Waals surface area contributed by atoms with Gasteiger partial charge in [0, 0.05) is 18.6 Å². The summed E-state index contributed by atoms with van der Waals surface area (Å²) in [5.74, 6) is 0. The Morgan fingerprint density at radius 2 is 1.85 bits per heavy atom. The van der Waals surface area contributed by atoms with Crippen molar-refractivity contribution in [2.45, 2.75) is 58.0 Å². The Bertz CT molecular complexity index is 410. The van der Waals surface area contributed by atoms with Gasteiger partial charge in [-0.2, -0.15) is 0 Å². The molecule has 0 bridgehead atoms. The predicted octanol–water partition coefficient (Wildman–Crippen LogP) is 3.73. The number of piperidine rings is 1. The van der Waals surface area contributed by atoms with Gasteiger partial charge in [0.05, 0.1) is 0 Å². The highest BCUT2D eigenvalue weighted by Crippen LogP contribution is 2.27. The van der Waals surface area contributed by atoms with Crippen LogP contribution in [0.15, 0.2) is 24.3 Å². The van der Waals surface area contributed by atoms with Crippen molar-refractivity contribution < 1.29 is 0 Å². The quantitative estimate of drug-likeness (QED) is 0.903. The molecule has 112 valence electrons. The second kappa shape index (κ2) is 6.28. The average molecular weight is 274 g/mol. The second-order valence-corrected chi connectivity index (χ2v) is 7.21. The van der Waals surface area contributed by atoms with Crippen LogP contribution in [-0.2, 0) is 5.41 Å². The van der Waals surface area contributed by atoms with E-state index in [1.54, 1.807) is 0 Å². The van der Waals surface area contributed by atoms with E-state index in [0.29, 0.717) is 12.1 Å². The standard InChI is InChI=1S/C18H30N2/c1-14(20(5)17-7-6-12-19-13-17)15-8-10-16(11-9-15)18(2,3)4/h8-11,14,17,19H,6-7,12-13H2,1-5H3. The Hall–Kier alpha value is -0.860. The summed E-state index contributed by atoms with van der Waals surface area (Å²) in [4.78, 5) is 2.53. The highest BCUT2D eigenvalue weighted by atomic mass is 15.2. The van der Waals surface area contributed by atoms with Crippen LogP contribution in [0.5, 0.6) is 0 Å². The van der Waals surface area contributed by atoms with Gasteiger partial charge in [0.25, 0.3) is 0 Å². The molecule has 0 saturated carbocycles. The summed E-state index contributed by atoms with van der Waals surface area (Å²) in [5, 5.41) is 3.51. The van der Waals surface area contributed by atoms with Crippen molar-refractivity contribution in [3.05, 3.63) is 35.4 Å². The van der Waals surface area contributed by atoms with Crippen molar-refractivity contribution >= 4 is 0 Å². The Balaban J connectivity index is 2.06. The van der Waals surface area contributed by atoms with Crippen LogP contribution in [0.3, 0.4) is 0 Å². The predicted molar refractivity (Wildman–Crippen MR) is 87.2 cm³/mol. The zero-order valence-electron chi connectivity index (χ0n) is 13.7. The molecule has 0 radical (unpaired) electrons. The normalized spacial score (nSPS) is 22.0. The third-order valence-electron chi connectivity index (χ3n) is 4.72. The van der Waals surface area contributed by atoms with Crippen molar-refractivity contribution in [3.8, 4) is 0 Å². The first-order valence-corrected chi connectivity index (χ1v) is 7.92. The van der Waals surface area contributed by atoms with E-state index in [1.165, 1.54) is 30.5 Å². The molecule has 2 nitrogen and oxygen atoms in total. The van der Waals surface area contributed by atoms with E-state index in [9.17, 15) is 0 Å². The molecule has 2 rings (SSSR count). The van der Waals surface area contributed by atoms with Gasteiger partial charge in [0.1, 0.15) is 0 Å². The molecule has 0 spiro atoms. The van der Waals surface area contributed by atoms with Crippen LogP contribution in [0, 0.1) is 0 Å². The van der Waals surface area contributed by atoms with Crippen LogP contribution in [0.1, 0.15) is 57.7 Å². The van der Waals surface area contributed by atoms with Crippen LogP contribution in [0.2, 0.25) is 0 Å². The molecule has 1 fully saturated rings. The van der Waals surface area contributed by atoms with Gasteiger partial charge in [-0.25, -0.2) is 0 Å². The van der Waals surface area contributed by atoms with Crippen LogP contribution < -0.4 is 5.32 Å². The molecule has 0 aromatic heterocycles. The number of hydrogen-bond acceptors (Lipinski definition) is 2. The summed E-state index contributed by atoms with van der Waals surface area (Å²) in [6, 6.07) is 10.3. The summed E-state index contributed by atoms with van der Waals surface area (Å²) in [6.07, 6.45) is 2.61. The van der Waals surface area contributed by atoms with Crippen molar-refractivity contribution in [3.63, 3.8) is 0 Å². The van der Waals surface area contributed by atoms with Gasteiger partial charge in [-0.05, 0) is 49.9 Å². The summed E-state index contributed by atoms with van der Waals surface area (Å²) >= 11 is 0. The molecule has 2 unspecified atom stereocenters. The first-order chi connectivity index (χ1) is 9.39. The van der Waals surface area contributed by atoms with E-state index in [0.717, 1.165) is 6.54 Å². The zero-order chi connectivity index (χ0) is 14.8. The molecule has 2 atom stereocenters. The lowest BCUT2D eigenvalue weighted by Gasteiger charge is -2.36. The van der Waals surface area contributed by atoms with Gasteiger partial charge in [-0.15, -0.1) is 0 Å². The Labute approximate surface area is 124 Å². The molecule has 0 aliphatic carbocycles. The number of rotatable bonds is 3. The van der Waals surface area contributed by atoms with Crippen molar-refractivity contribution in [1.29, 1.82) is 0 Å². The molecular weight excluding hydrogens is 244 g/mol. The van der Waals surface area contributed by atoms with E-state index in [4.69, 9.17) is 0 Å². The lowest BCUT2D eigenvalue weighted by atomic mass is 9.86. The number of likely N-dealkylation sites (N-methyl/N-ethyl adjacent to an activating group) is 1. The number of benzene rings is 1. The summed E-state index contributed by atoms with van der Waals surface area (Å²) in [7, 11) is 2.26. The second-order valence-electron chi connectivity index (χ2n) is 7.21. The van der Waals surface area contributed by atoms with E-state index < -0.39 is 0 Å². The molecule has 1 aliphatic rings. The van der Waals surface area contributed by atoms with Crippen LogP contribution in [-0.4, -0.2) is 31.1 Å². The highest BCUT2D eigenvalue weighted by molar-refractivity contribution is 5.29. The lowest BCUT2D eigenvalue weighted by molar-refractivity contribution is 0.156. The van der Waals surface area contributed by atoms with E-state index in [2.05, 4.69) is 69.2 Å². The van der Waals surface area contributed by atoms with Gasteiger partial charge in [-0.3, -0.25) is 4.90 Å². The molecule has 2 heteroatoms. The van der Waals surface area contributed by atoms with E-state index >= 15 is 0 Å². The third-order valence-corrected chi connectivity index (χ3v) is 4.72. The third kappa shape index (κ3) is 3.62. The molecule has 0 amide bonds. The van der Waals surface area contributed by atoms with Crippen molar-refractivity contribution in [2.24, 2.45) is 0 Å². The topological polar surface area (TPSA) is 15.3 Å². The number of hydrogen-bond donors (Lipinski definition) is 1. The Kier molecular flexibility index (Phi) is 4.87. The van der Waals surface area contributed by atoms with Gasteiger partial charge in [-0.1, -0.05) is 45.0 Å². The maximum Gasteiger partial charge on any atom is 0.0320 e. The van der Waals surface area contributed by atoms with Crippen molar-refractivity contribution in [1.82, 2.24) is 10.2 Å². The highest BCUT2D eigenvalue weighted by Gasteiger charge is 2.23. The molecular formula is C18H30N2. The van der Waals surface area contributed by atoms with Crippen LogP contribution >= 0.6 is 0 Å². The maximum atomic E-state index is 3.51. The monoisotopic (exact) mass is 274 g/mol. The van der Waals surface area contributed by atoms with E-state index in [1.807, 2.05) is 0 Å². The molecule has 1 N–H and O–H groups in total. The summed E-state index contributed by atoms with van der Waals surface area (Å²) in [5.41, 5.74) is 3.07. The summed E-state index contributed by atoms with van der Waals surface area (Å²) in [6.45, 7) is 11.4. The van der Waals surface area contributed by atoms with Crippen LogP contribution in [0.4, 0.5) is 0 Å². The minimum absolute atomic E-state index is 0.237. The minimum atomic E-state index is 0.237. The smallest absolute Gasteiger partial charge is 0.0320 e. The van der Waals surface area contributed by atoms with Gasteiger partial charge in [0.2, 0.25) is 0 Å². The number of nitrogens with zero attached hydrogens (tertiary/aromatic N) is 1. The fourth-order valence-electron chi connectivity index (χ4n) is 2.99. The first-order valence-electron chi connectivity index (χ1n) is 7.92. The molecule has 1 heterocycles. The fourth-order valence-corrected chi connectivity index (χ4v) is 2.99.